The second-order valence-corrected chi connectivity index (χ2v) is 7.00. The fourth-order valence-electron chi connectivity index (χ4n) is 3.17. The average molecular weight is 344 g/mol. The molecule has 1 saturated heterocycles. The van der Waals surface area contributed by atoms with Gasteiger partial charge in [0, 0.05) is 37.6 Å². The van der Waals surface area contributed by atoms with Crippen molar-refractivity contribution >= 4 is 17.0 Å². The molecule has 1 fully saturated rings. The van der Waals surface area contributed by atoms with Crippen molar-refractivity contribution in [2.75, 3.05) is 40.3 Å². The van der Waals surface area contributed by atoms with Gasteiger partial charge in [-0.1, -0.05) is 18.2 Å². The number of amides is 2. The fourth-order valence-corrected chi connectivity index (χ4v) is 3.17. The number of urea groups is 1. The zero-order chi connectivity index (χ0) is 17.6. The molecule has 2 aromatic rings. The summed E-state index contributed by atoms with van der Waals surface area (Å²) in [5.74, 6) is 0.773. The number of likely N-dealkylation sites (tertiary alicyclic amines) is 1. The van der Waals surface area contributed by atoms with Gasteiger partial charge in [-0.25, -0.2) is 4.79 Å². The summed E-state index contributed by atoms with van der Waals surface area (Å²) < 4.78 is 5.72. The largest absolute Gasteiger partial charge is 0.459 e. The Labute approximate surface area is 149 Å². The monoisotopic (exact) mass is 344 g/mol. The Balaban J connectivity index is 1.38. The molecule has 0 radical (unpaired) electrons. The van der Waals surface area contributed by atoms with Gasteiger partial charge in [0.2, 0.25) is 0 Å². The topological polar surface area (TPSA) is 60.8 Å². The highest BCUT2D eigenvalue weighted by Crippen LogP contribution is 2.18. The van der Waals surface area contributed by atoms with Gasteiger partial charge in [0.05, 0.1) is 6.54 Å². The van der Waals surface area contributed by atoms with E-state index >= 15 is 0 Å². The van der Waals surface area contributed by atoms with Crippen molar-refractivity contribution in [3.05, 3.63) is 36.1 Å². The Kier molecular flexibility index (Phi) is 5.94. The molecule has 0 spiro atoms. The molecule has 1 aromatic carbocycles. The molecule has 0 aliphatic carbocycles. The Morgan fingerprint density at radius 1 is 1.28 bits per heavy atom. The van der Waals surface area contributed by atoms with Gasteiger partial charge in [0.25, 0.3) is 0 Å². The minimum absolute atomic E-state index is 0.118. The highest BCUT2D eigenvalue weighted by molar-refractivity contribution is 5.78. The molecule has 2 N–H and O–H groups in total. The number of hydrogen-bond donors (Lipinski definition) is 2. The Hall–Kier alpha value is -2.05. The number of rotatable bonds is 6. The molecule has 0 bridgehead atoms. The zero-order valence-electron chi connectivity index (χ0n) is 15.1. The lowest BCUT2D eigenvalue weighted by Crippen LogP contribution is -2.48. The maximum Gasteiger partial charge on any atom is 0.315 e. The van der Waals surface area contributed by atoms with E-state index in [4.69, 9.17) is 4.42 Å². The van der Waals surface area contributed by atoms with Crippen LogP contribution in [0.4, 0.5) is 4.79 Å². The standard InChI is InChI=1S/C19H28N4O2/c1-22(2)11-12-23-9-7-16(8-10-23)21-19(24)20-14-17-13-15-5-3-4-6-18(15)25-17/h3-6,13,16H,7-12,14H2,1-2H3,(H2,20,21,24). The number of furan rings is 1. The van der Waals surface area contributed by atoms with Crippen molar-refractivity contribution in [3.63, 3.8) is 0 Å². The molecule has 0 atom stereocenters. The van der Waals surface area contributed by atoms with Crippen LogP contribution < -0.4 is 10.6 Å². The summed E-state index contributed by atoms with van der Waals surface area (Å²) in [7, 11) is 4.20. The summed E-state index contributed by atoms with van der Waals surface area (Å²) >= 11 is 0. The lowest BCUT2D eigenvalue weighted by molar-refractivity contribution is 0.180. The van der Waals surface area contributed by atoms with Crippen LogP contribution in [-0.2, 0) is 6.54 Å². The van der Waals surface area contributed by atoms with E-state index in [0.29, 0.717) is 6.54 Å². The molecule has 6 nitrogen and oxygen atoms in total. The molecule has 136 valence electrons. The van der Waals surface area contributed by atoms with Gasteiger partial charge < -0.3 is 24.9 Å². The second kappa shape index (κ2) is 8.36. The summed E-state index contributed by atoms with van der Waals surface area (Å²) in [6.07, 6.45) is 2.01. The molecule has 3 rings (SSSR count). The van der Waals surface area contributed by atoms with Crippen molar-refractivity contribution in [1.29, 1.82) is 0 Å². The summed E-state index contributed by atoms with van der Waals surface area (Å²) in [5.41, 5.74) is 0.852. The smallest absolute Gasteiger partial charge is 0.315 e. The number of fused-ring (bicyclic) bond motifs is 1. The van der Waals surface area contributed by atoms with Crippen LogP contribution in [0.3, 0.4) is 0 Å². The van der Waals surface area contributed by atoms with Crippen LogP contribution >= 0.6 is 0 Å². The van der Waals surface area contributed by atoms with Gasteiger partial charge in [-0.15, -0.1) is 0 Å². The summed E-state index contributed by atoms with van der Waals surface area (Å²) in [6.45, 7) is 4.67. The van der Waals surface area contributed by atoms with E-state index in [0.717, 1.165) is 55.8 Å². The summed E-state index contributed by atoms with van der Waals surface area (Å²) in [4.78, 5) is 16.8. The first kappa shape index (κ1) is 17.8. The van der Waals surface area contributed by atoms with Crippen LogP contribution in [0.5, 0.6) is 0 Å². The number of likely N-dealkylation sites (N-methyl/N-ethyl adjacent to an activating group) is 1. The quantitative estimate of drug-likeness (QED) is 0.844. The number of piperidine rings is 1. The van der Waals surface area contributed by atoms with Gasteiger partial charge in [-0.2, -0.15) is 0 Å². The van der Waals surface area contributed by atoms with E-state index in [1.807, 2.05) is 30.3 Å². The molecule has 1 aliphatic rings. The molecule has 1 aromatic heterocycles. The van der Waals surface area contributed by atoms with Gasteiger partial charge in [-0.3, -0.25) is 0 Å². The molecule has 0 saturated carbocycles. The minimum atomic E-state index is -0.118. The first-order chi connectivity index (χ1) is 12.1. The Morgan fingerprint density at radius 3 is 2.76 bits per heavy atom. The number of nitrogens with zero attached hydrogens (tertiary/aromatic N) is 2. The highest BCUT2D eigenvalue weighted by atomic mass is 16.3. The minimum Gasteiger partial charge on any atom is -0.459 e. The number of para-hydroxylation sites is 1. The van der Waals surface area contributed by atoms with E-state index in [1.54, 1.807) is 0 Å². The Bertz CT molecular complexity index is 657. The fraction of sp³-hybridized carbons (Fsp3) is 0.526. The van der Waals surface area contributed by atoms with E-state index in [-0.39, 0.29) is 12.1 Å². The van der Waals surface area contributed by atoms with Crippen LogP contribution in [0.2, 0.25) is 0 Å². The molecule has 1 aliphatic heterocycles. The molecular formula is C19H28N4O2. The SMILES string of the molecule is CN(C)CCN1CCC(NC(=O)NCc2cc3ccccc3o2)CC1. The predicted molar refractivity (Wildman–Crippen MR) is 99.6 cm³/mol. The van der Waals surface area contributed by atoms with Gasteiger partial charge in [0.15, 0.2) is 0 Å². The number of carbonyl (C=O) groups is 1. The van der Waals surface area contributed by atoms with Gasteiger partial charge >= 0.3 is 6.03 Å². The maximum absolute atomic E-state index is 12.1. The second-order valence-electron chi connectivity index (χ2n) is 7.00. The summed E-state index contributed by atoms with van der Waals surface area (Å²) in [5, 5.41) is 7.03. The number of benzene rings is 1. The molecular weight excluding hydrogens is 316 g/mol. The molecule has 2 heterocycles. The first-order valence-electron chi connectivity index (χ1n) is 8.99. The predicted octanol–water partition coefficient (Wildman–Crippen LogP) is 2.26. The van der Waals surface area contributed by atoms with Crippen LogP contribution in [0.1, 0.15) is 18.6 Å². The third kappa shape index (κ3) is 5.21. The number of nitrogens with one attached hydrogen (secondary N) is 2. The lowest BCUT2D eigenvalue weighted by atomic mass is 10.1. The number of hydrogen-bond acceptors (Lipinski definition) is 4. The Morgan fingerprint density at radius 2 is 2.04 bits per heavy atom. The molecule has 6 heteroatoms. The van der Waals surface area contributed by atoms with E-state index in [9.17, 15) is 4.79 Å². The average Bonchev–Trinajstić information content (AvgIpc) is 3.02. The van der Waals surface area contributed by atoms with Gasteiger partial charge in [0.1, 0.15) is 11.3 Å². The first-order valence-corrected chi connectivity index (χ1v) is 8.99. The lowest BCUT2D eigenvalue weighted by Gasteiger charge is -2.32. The van der Waals surface area contributed by atoms with E-state index < -0.39 is 0 Å². The molecule has 0 unspecified atom stereocenters. The molecule has 25 heavy (non-hydrogen) atoms. The van der Waals surface area contributed by atoms with Crippen molar-refractivity contribution in [2.24, 2.45) is 0 Å². The third-order valence-electron chi connectivity index (χ3n) is 4.69. The third-order valence-corrected chi connectivity index (χ3v) is 4.69. The highest BCUT2D eigenvalue weighted by Gasteiger charge is 2.20. The van der Waals surface area contributed by atoms with E-state index in [1.165, 1.54) is 0 Å². The normalized spacial score (nSPS) is 16.4. The number of carbonyl (C=O) groups excluding carboxylic acids is 1. The zero-order valence-corrected chi connectivity index (χ0v) is 15.1. The van der Waals surface area contributed by atoms with E-state index in [2.05, 4.69) is 34.5 Å². The van der Waals surface area contributed by atoms with Crippen molar-refractivity contribution < 1.29 is 9.21 Å². The summed E-state index contributed by atoms with van der Waals surface area (Å²) in [6, 6.07) is 9.97. The maximum atomic E-state index is 12.1. The molecule has 2 amide bonds. The van der Waals surface area contributed by atoms with Crippen molar-refractivity contribution in [1.82, 2.24) is 20.4 Å². The van der Waals surface area contributed by atoms with Crippen LogP contribution in [-0.4, -0.2) is 62.1 Å². The van der Waals surface area contributed by atoms with Crippen LogP contribution in [0, 0.1) is 0 Å². The van der Waals surface area contributed by atoms with Crippen LogP contribution in [0.15, 0.2) is 34.7 Å². The van der Waals surface area contributed by atoms with Gasteiger partial charge in [-0.05, 0) is 39.1 Å². The van der Waals surface area contributed by atoms with Crippen molar-refractivity contribution in [3.8, 4) is 0 Å². The van der Waals surface area contributed by atoms with Crippen LogP contribution in [0.25, 0.3) is 11.0 Å². The van der Waals surface area contributed by atoms with Crippen molar-refractivity contribution in [2.45, 2.75) is 25.4 Å².